The molecule has 0 spiro atoms. The Morgan fingerprint density at radius 3 is 2.83 bits per heavy atom. The van der Waals surface area contributed by atoms with E-state index in [1.807, 2.05) is 18.2 Å². The van der Waals surface area contributed by atoms with Gasteiger partial charge in [-0.2, -0.15) is 0 Å². The Bertz CT molecular complexity index is 554. The lowest BCUT2D eigenvalue weighted by Gasteiger charge is -2.18. The van der Waals surface area contributed by atoms with E-state index in [2.05, 4.69) is 15.5 Å². The van der Waals surface area contributed by atoms with E-state index in [1.165, 1.54) is 0 Å². The quantitative estimate of drug-likeness (QED) is 0.837. The van der Waals surface area contributed by atoms with E-state index < -0.39 is 0 Å². The van der Waals surface area contributed by atoms with Gasteiger partial charge in [0.2, 0.25) is 5.95 Å². The monoisotopic (exact) mass is 247 g/mol. The molecule has 2 aromatic rings. The summed E-state index contributed by atoms with van der Waals surface area (Å²) in [4.78, 5) is 0. The van der Waals surface area contributed by atoms with Gasteiger partial charge in [0, 0.05) is 0 Å². The maximum atomic E-state index is 5.60. The molecule has 1 aliphatic heterocycles. The fourth-order valence-electron chi connectivity index (χ4n) is 1.85. The third-order valence-electron chi connectivity index (χ3n) is 2.78. The molecule has 0 saturated heterocycles. The molecule has 0 radical (unpaired) electrons. The van der Waals surface area contributed by atoms with Crippen molar-refractivity contribution in [2.45, 2.75) is 13.0 Å². The first-order chi connectivity index (χ1) is 8.83. The summed E-state index contributed by atoms with van der Waals surface area (Å²) in [5, 5.41) is 10.9. The molecule has 0 saturated carbocycles. The number of ether oxygens (including phenoxy) is 2. The highest BCUT2D eigenvalue weighted by atomic mass is 16.6. The summed E-state index contributed by atoms with van der Waals surface area (Å²) in [6, 6.07) is 5.91. The number of nitrogen functional groups attached to an aromatic ring is 1. The Morgan fingerprint density at radius 1 is 1.22 bits per heavy atom. The number of rotatable bonds is 3. The normalized spacial score (nSPS) is 13.6. The van der Waals surface area contributed by atoms with Crippen molar-refractivity contribution in [3.8, 4) is 11.5 Å². The molecule has 1 aromatic carbocycles. The highest BCUT2D eigenvalue weighted by Crippen LogP contribution is 2.30. The van der Waals surface area contributed by atoms with E-state index in [1.54, 1.807) is 4.68 Å². The Kier molecular flexibility index (Phi) is 2.71. The number of tetrazole rings is 1. The summed E-state index contributed by atoms with van der Waals surface area (Å²) in [6.07, 6.45) is 0.784. The number of nitrogens with zero attached hydrogens (tertiary/aromatic N) is 4. The minimum absolute atomic E-state index is 0.326. The van der Waals surface area contributed by atoms with Crippen LogP contribution in [-0.4, -0.2) is 33.4 Å². The van der Waals surface area contributed by atoms with E-state index in [9.17, 15) is 0 Å². The van der Waals surface area contributed by atoms with Crippen LogP contribution in [0, 0.1) is 0 Å². The summed E-state index contributed by atoms with van der Waals surface area (Å²) in [6.45, 7) is 1.84. The largest absolute Gasteiger partial charge is 0.486 e. The van der Waals surface area contributed by atoms with Crippen LogP contribution in [0.5, 0.6) is 11.5 Å². The summed E-state index contributed by atoms with van der Waals surface area (Å²) in [7, 11) is 0. The first kappa shape index (κ1) is 10.8. The van der Waals surface area contributed by atoms with Crippen molar-refractivity contribution in [2.75, 3.05) is 18.9 Å². The molecule has 7 nitrogen and oxygen atoms in total. The van der Waals surface area contributed by atoms with Crippen LogP contribution in [0.4, 0.5) is 5.95 Å². The fraction of sp³-hybridized carbons (Fsp3) is 0.364. The molecule has 3 rings (SSSR count). The van der Waals surface area contributed by atoms with Gasteiger partial charge in [-0.3, -0.25) is 0 Å². The van der Waals surface area contributed by atoms with E-state index in [4.69, 9.17) is 15.2 Å². The maximum absolute atomic E-state index is 5.60. The highest BCUT2D eigenvalue weighted by Gasteiger charge is 2.11. The van der Waals surface area contributed by atoms with Gasteiger partial charge in [-0.1, -0.05) is 11.2 Å². The molecule has 0 unspecified atom stereocenters. The van der Waals surface area contributed by atoms with Gasteiger partial charge in [0.15, 0.2) is 11.5 Å². The molecule has 1 aliphatic rings. The first-order valence-corrected chi connectivity index (χ1v) is 5.73. The van der Waals surface area contributed by atoms with Gasteiger partial charge in [0.05, 0.1) is 6.54 Å². The van der Waals surface area contributed by atoms with E-state index in [0.29, 0.717) is 25.7 Å². The topological polar surface area (TPSA) is 88.1 Å². The Morgan fingerprint density at radius 2 is 2.06 bits per heavy atom. The summed E-state index contributed by atoms with van der Waals surface area (Å²) in [5.41, 5.74) is 6.73. The van der Waals surface area contributed by atoms with Crippen LogP contribution in [0.3, 0.4) is 0 Å². The lowest BCUT2D eigenvalue weighted by atomic mass is 10.1. The van der Waals surface area contributed by atoms with Crippen molar-refractivity contribution < 1.29 is 9.47 Å². The van der Waals surface area contributed by atoms with E-state index in [-0.39, 0.29) is 0 Å². The molecule has 0 bridgehead atoms. The number of nitrogens with two attached hydrogens (primary N) is 1. The predicted molar refractivity (Wildman–Crippen MR) is 63.4 cm³/mol. The summed E-state index contributed by atoms with van der Waals surface area (Å²) >= 11 is 0. The van der Waals surface area contributed by atoms with Gasteiger partial charge in [-0.25, -0.2) is 4.68 Å². The Balaban J connectivity index is 1.71. The Labute approximate surface area is 103 Å². The second-order valence-electron chi connectivity index (χ2n) is 3.99. The molecule has 7 heteroatoms. The Hall–Kier alpha value is -2.31. The lowest BCUT2D eigenvalue weighted by Crippen LogP contribution is -2.15. The first-order valence-electron chi connectivity index (χ1n) is 5.73. The highest BCUT2D eigenvalue weighted by molar-refractivity contribution is 5.43. The fourth-order valence-corrected chi connectivity index (χ4v) is 1.85. The molecule has 2 N–H and O–H groups in total. The average molecular weight is 247 g/mol. The van der Waals surface area contributed by atoms with Gasteiger partial charge >= 0.3 is 0 Å². The molecule has 0 atom stereocenters. The molecule has 1 aromatic heterocycles. The smallest absolute Gasteiger partial charge is 0.240 e. The molecule has 0 amide bonds. The van der Waals surface area contributed by atoms with Crippen LogP contribution in [0.15, 0.2) is 18.2 Å². The second kappa shape index (κ2) is 4.52. The van der Waals surface area contributed by atoms with Crippen molar-refractivity contribution in [1.82, 2.24) is 20.2 Å². The molecule has 2 heterocycles. The van der Waals surface area contributed by atoms with Crippen LogP contribution in [0.2, 0.25) is 0 Å². The van der Waals surface area contributed by atoms with Gasteiger partial charge in [-0.15, -0.1) is 0 Å². The standard InChI is InChI=1S/C11H13N5O2/c12-11-13-14-15-16(11)4-3-8-1-2-9-10(7-8)18-6-5-17-9/h1-2,7H,3-6H2,(H2,12,13,15). The number of anilines is 1. The predicted octanol–water partition coefficient (Wildman–Crippen LogP) is 0.269. The van der Waals surface area contributed by atoms with Crippen LogP contribution in [-0.2, 0) is 13.0 Å². The molecule has 18 heavy (non-hydrogen) atoms. The number of aryl methyl sites for hydroxylation is 2. The molecular weight excluding hydrogens is 234 g/mol. The lowest BCUT2D eigenvalue weighted by molar-refractivity contribution is 0.171. The van der Waals surface area contributed by atoms with E-state index >= 15 is 0 Å². The van der Waals surface area contributed by atoms with Crippen molar-refractivity contribution >= 4 is 5.95 Å². The zero-order valence-electron chi connectivity index (χ0n) is 9.74. The molecule has 0 aliphatic carbocycles. The van der Waals surface area contributed by atoms with Crippen molar-refractivity contribution in [3.63, 3.8) is 0 Å². The van der Waals surface area contributed by atoms with Crippen molar-refractivity contribution in [2.24, 2.45) is 0 Å². The van der Waals surface area contributed by atoms with Gasteiger partial charge < -0.3 is 15.2 Å². The van der Waals surface area contributed by atoms with Crippen LogP contribution >= 0.6 is 0 Å². The SMILES string of the molecule is Nc1nnnn1CCc1ccc2c(c1)OCCO2. The summed E-state index contributed by atoms with van der Waals surface area (Å²) in [5.74, 6) is 1.92. The number of fused-ring (bicyclic) bond motifs is 1. The maximum Gasteiger partial charge on any atom is 0.240 e. The van der Waals surface area contributed by atoms with Gasteiger partial charge in [-0.05, 0) is 34.5 Å². The van der Waals surface area contributed by atoms with Crippen LogP contribution in [0.25, 0.3) is 0 Å². The summed E-state index contributed by atoms with van der Waals surface area (Å²) < 4.78 is 12.6. The van der Waals surface area contributed by atoms with Crippen LogP contribution < -0.4 is 15.2 Å². The molecule has 0 fully saturated rings. The third-order valence-corrected chi connectivity index (χ3v) is 2.78. The third kappa shape index (κ3) is 2.06. The number of hydrogen-bond donors (Lipinski definition) is 1. The van der Waals surface area contributed by atoms with E-state index in [0.717, 1.165) is 23.5 Å². The number of hydrogen-bond acceptors (Lipinski definition) is 6. The van der Waals surface area contributed by atoms with Gasteiger partial charge in [0.1, 0.15) is 13.2 Å². The number of benzene rings is 1. The van der Waals surface area contributed by atoms with Crippen molar-refractivity contribution in [1.29, 1.82) is 0 Å². The van der Waals surface area contributed by atoms with Crippen LogP contribution in [0.1, 0.15) is 5.56 Å². The zero-order valence-corrected chi connectivity index (χ0v) is 9.74. The molecule has 94 valence electrons. The zero-order chi connectivity index (χ0) is 12.4. The second-order valence-corrected chi connectivity index (χ2v) is 3.99. The average Bonchev–Trinajstić information content (AvgIpc) is 2.82. The van der Waals surface area contributed by atoms with Gasteiger partial charge in [0.25, 0.3) is 0 Å². The molecular formula is C11H13N5O2. The number of aromatic nitrogens is 4. The minimum atomic E-state index is 0.326. The minimum Gasteiger partial charge on any atom is -0.486 e. The van der Waals surface area contributed by atoms with Crippen molar-refractivity contribution in [3.05, 3.63) is 23.8 Å².